The molecule has 2 nitrogen and oxygen atoms in total. The van der Waals surface area contributed by atoms with Crippen LogP contribution < -0.4 is 0 Å². The lowest BCUT2D eigenvalue weighted by Gasteiger charge is -2.01. The molecule has 0 saturated heterocycles. The van der Waals surface area contributed by atoms with Gasteiger partial charge < -0.3 is 0 Å². The fourth-order valence-electron chi connectivity index (χ4n) is 2.27. The van der Waals surface area contributed by atoms with E-state index >= 15 is 0 Å². The smallest absolute Gasteiger partial charge is 0.124 e. The minimum Gasteiger partial charge on any atom is -0.261 e. The molecule has 0 aliphatic rings. The predicted octanol–water partition coefficient (Wildman–Crippen LogP) is 5.38. The number of pyridine rings is 1. The molecule has 0 saturated carbocycles. The largest absolute Gasteiger partial charge is 0.261 e. The Balaban J connectivity index is 0.00000176. The summed E-state index contributed by atoms with van der Waals surface area (Å²) >= 11 is 1.69. The number of thiazole rings is 1. The first-order valence-corrected chi connectivity index (χ1v) is 8.12. The third-order valence-corrected chi connectivity index (χ3v) is 4.31. The van der Waals surface area contributed by atoms with Crippen molar-refractivity contribution in [3.05, 3.63) is 59.2 Å². The summed E-state index contributed by atoms with van der Waals surface area (Å²) < 4.78 is 0. The highest BCUT2D eigenvalue weighted by atomic mass is 32.1. The molecule has 0 bridgehead atoms. The topological polar surface area (TPSA) is 25.8 Å². The summed E-state index contributed by atoms with van der Waals surface area (Å²) in [6.07, 6.45) is 4.01. The SMILES string of the molecule is CCCc1cc(-c2nc(-c3ccc(C)cc3)cs2)ccn1.[HH]. The monoisotopic (exact) mass is 296 g/mol. The number of aryl methyl sites for hydroxylation is 2. The maximum absolute atomic E-state index is 4.77. The molecule has 0 aliphatic carbocycles. The number of benzene rings is 1. The summed E-state index contributed by atoms with van der Waals surface area (Å²) in [7, 11) is 0. The van der Waals surface area contributed by atoms with Gasteiger partial charge in [0.05, 0.1) is 5.69 Å². The van der Waals surface area contributed by atoms with Crippen molar-refractivity contribution in [2.45, 2.75) is 26.7 Å². The molecule has 2 aromatic heterocycles. The van der Waals surface area contributed by atoms with Crippen LogP contribution in [0, 0.1) is 6.92 Å². The molecule has 0 radical (unpaired) electrons. The maximum Gasteiger partial charge on any atom is 0.124 e. The van der Waals surface area contributed by atoms with E-state index in [9.17, 15) is 0 Å². The van der Waals surface area contributed by atoms with Gasteiger partial charge in [0.1, 0.15) is 5.01 Å². The zero-order valence-corrected chi connectivity index (χ0v) is 13.2. The minimum atomic E-state index is 0. The normalized spacial score (nSPS) is 10.8. The Kier molecular flexibility index (Phi) is 4.11. The molecule has 1 aromatic carbocycles. The molecule has 0 unspecified atom stereocenters. The second kappa shape index (κ2) is 6.19. The molecule has 0 N–H and O–H groups in total. The first-order chi connectivity index (χ1) is 10.3. The molecule has 0 amide bonds. The summed E-state index contributed by atoms with van der Waals surface area (Å²) in [5.41, 5.74) is 5.79. The summed E-state index contributed by atoms with van der Waals surface area (Å²) in [6, 6.07) is 12.7. The minimum absolute atomic E-state index is 0. The van der Waals surface area contributed by atoms with E-state index in [2.05, 4.69) is 54.5 Å². The van der Waals surface area contributed by atoms with Gasteiger partial charge in [-0.25, -0.2) is 4.98 Å². The maximum atomic E-state index is 4.77. The van der Waals surface area contributed by atoms with E-state index in [1.54, 1.807) is 11.3 Å². The van der Waals surface area contributed by atoms with Crippen LogP contribution in [-0.2, 0) is 6.42 Å². The van der Waals surface area contributed by atoms with Gasteiger partial charge in [0.25, 0.3) is 0 Å². The average molecular weight is 296 g/mol. The Morgan fingerprint density at radius 1 is 1.10 bits per heavy atom. The fraction of sp³-hybridized carbons (Fsp3) is 0.222. The molecule has 3 rings (SSSR count). The van der Waals surface area contributed by atoms with Gasteiger partial charge in [-0.3, -0.25) is 4.98 Å². The van der Waals surface area contributed by atoms with Crippen LogP contribution in [0.1, 0.15) is 26.0 Å². The van der Waals surface area contributed by atoms with Gasteiger partial charge in [-0.1, -0.05) is 43.2 Å². The van der Waals surface area contributed by atoms with E-state index in [0.29, 0.717) is 0 Å². The van der Waals surface area contributed by atoms with Gasteiger partial charge in [0, 0.05) is 29.8 Å². The van der Waals surface area contributed by atoms with Crippen LogP contribution in [0.3, 0.4) is 0 Å². The Bertz CT molecular complexity index is 735. The van der Waals surface area contributed by atoms with Crippen LogP contribution in [0.4, 0.5) is 0 Å². The van der Waals surface area contributed by atoms with Crippen molar-refractivity contribution in [2.24, 2.45) is 0 Å². The number of aromatic nitrogens is 2. The van der Waals surface area contributed by atoms with E-state index in [4.69, 9.17) is 4.98 Å². The van der Waals surface area contributed by atoms with Crippen molar-refractivity contribution in [1.82, 2.24) is 9.97 Å². The first-order valence-electron chi connectivity index (χ1n) is 7.24. The zero-order valence-electron chi connectivity index (χ0n) is 12.3. The molecule has 3 aromatic rings. The summed E-state index contributed by atoms with van der Waals surface area (Å²) in [6.45, 7) is 4.27. The molecule has 2 heterocycles. The van der Waals surface area contributed by atoms with Gasteiger partial charge in [-0.15, -0.1) is 11.3 Å². The van der Waals surface area contributed by atoms with Crippen molar-refractivity contribution in [3.8, 4) is 21.8 Å². The molecule has 0 atom stereocenters. The Labute approximate surface area is 131 Å². The molecule has 3 heteroatoms. The van der Waals surface area contributed by atoms with Crippen LogP contribution in [-0.4, -0.2) is 9.97 Å². The van der Waals surface area contributed by atoms with E-state index in [0.717, 1.165) is 34.8 Å². The second-order valence-electron chi connectivity index (χ2n) is 5.19. The molecule has 0 spiro atoms. The Morgan fingerprint density at radius 2 is 1.90 bits per heavy atom. The predicted molar refractivity (Wildman–Crippen MR) is 91.6 cm³/mol. The van der Waals surface area contributed by atoms with Crippen LogP contribution in [0.5, 0.6) is 0 Å². The summed E-state index contributed by atoms with van der Waals surface area (Å²) in [5.74, 6) is 0. The van der Waals surface area contributed by atoms with Crippen LogP contribution in [0.2, 0.25) is 0 Å². The van der Waals surface area contributed by atoms with Gasteiger partial charge in [0.2, 0.25) is 0 Å². The molecular weight excluding hydrogens is 276 g/mol. The van der Waals surface area contributed by atoms with Crippen LogP contribution in [0.15, 0.2) is 48.0 Å². The standard InChI is InChI=1S/C18H18N2S.H2/c1-3-4-16-11-15(9-10-19-16)18-20-17(12-21-18)14-7-5-13(2)6-8-14;/h5-12H,3-4H2,1-2H3;1H. The van der Waals surface area contributed by atoms with Crippen molar-refractivity contribution in [2.75, 3.05) is 0 Å². The molecule has 21 heavy (non-hydrogen) atoms. The second-order valence-corrected chi connectivity index (χ2v) is 6.05. The van der Waals surface area contributed by atoms with E-state index < -0.39 is 0 Å². The fourth-order valence-corrected chi connectivity index (χ4v) is 3.09. The van der Waals surface area contributed by atoms with Gasteiger partial charge in [-0.05, 0) is 25.5 Å². The Morgan fingerprint density at radius 3 is 2.67 bits per heavy atom. The van der Waals surface area contributed by atoms with Crippen LogP contribution in [0.25, 0.3) is 21.8 Å². The van der Waals surface area contributed by atoms with Gasteiger partial charge in [-0.2, -0.15) is 0 Å². The highest BCUT2D eigenvalue weighted by Gasteiger charge is 2.07. The molecule has 0 aliphatic heterocycles. The number of nitrogens with zero attached hydrogens (tertiary/aromatic N) is 2. The lowest BCUT2D eigenvalue weighted by molar-refractivity contribution is 0.883. The average Bonchev–Trinajstić information content (AvgIpc) is 2.98. The van der Waals surface area contributed by atoms with Crippen molar-refractivity contribution in [3.63, 3.8) is 0 Å². The third-order valence-electron chi connectivity index (χ3n) is 3.42. The zero-order chi connectivity index (χ0) is 14.7. The number of hydrogen-bond acceptors (Lipinski definition) is 3. The van der Waals surface area contributed by atoms with Crippen molar-refractivity contribution in [1.29, 1.82) is 0 Å². The van der Waals surface area contributed by atoms with Crippen LogP contribution >= 0.6 is 11.3 Å². The van der Waals surface area contributed by atoms with Crippen molar-refractivity contribution >= 4 is 11.3 Å². The summed E-state index contributed by atoms with van der Waals surface area (Å²) in [4.78, 5) is 9.18. The quantitative estimate of drug-likeness (QED) is 0.646. The third kappa shape index (κ3) is 3.19. The molecule has 108 valence electrons. The number of hydrogen-bond donors (Lipinski definition) is 0. The van der Waals surface area contributed by atoms with E-state index in [1.807, 2.05) is 12.3 Å². The van der Waals surface area contributed by atoms with E-state index in [1.165, 1.54) is 11.1 Å². The van der Waals surface area contributed by atoms with Gasteiger partial charge in [0.15, 0.2) is 0 Å². The highest BCUT2D eigenvalue weighted by Crippen LogP contribution is 2.29. The summed E-state index contributed by atoms with van der Waals surface area (Å²) in [5, 5.41) is 3.19. The Hall–Kier alpha value is -2.00. The lowest BCUT2D eigenvalue weighted by atomic mass is 10.1. The molecule has 0 fully saturated rings. The molecular formula is C18H20N2S. The van der Waals surface area contributed by atoms with Crippen molar-refractivity contribution < 1.29 is 1.43 Å². The number of rotatable bonds is 4. The van der Waals surface area contributed by atoms with Gasteiger partial charge >= 0.3 is 0 Å². The highest BCUT2D eigenvalue weighted by molar-refractivity contribution is 7.13. The first kappa shape index (κ1) is 14.0. The van der Waals surface area contributed by atoms with E-state index in [-0.39, 0.29) is 1.43 Å². The lowest BCUT2D eigenvalue weighted by Crippen LogP contribution is -1.89.